The summed E-state index contributed by atoms with van der Waals surface area (Å²) < 4.78 is 50.6. The van der Waals surface area contributed by atoms with Crippen LogP contribution in [0.25, 0.3) is 0 Å². The van der Waals surface area contributed by atoms with E-state index in [9.17, 15) is 32.7 Å². The molecule has 0 radical (unpaired) electrons. The molecule has 4 amide bonds. The average Bonchev–Trinajstić information content (AvgIpc) is 3.07. The van der Waals surface area contributed by atoms with Gasteiger partial charge in [-0.15, -0.1) is 0 Å². The van der Waals surface area contributed by atoms with Crippen molar-refractivity contribution in [1.29, 1.82) is 0 Å². The number of carbonyl (C=O) groups is 3. The highest BCUT2D eigenvalue weighted by molar-refractivity contribution is 5.91. The fourth-order valence-electron chi connectivity index (χ4n) is 5.35. The first kappa shape index (κ1) is 35.0. The maximum atomic E-state index is 13.5. The van der Waals surface area contributed by atoms with Gasteiger partial charge in [0.2, 0.25) is 11.8 Å². The van der Waals surface area contributed by atoms with Crippen molar-refractivity contribution in [2.75, 3.05) is 70.2 Å². The van der Waals surface area contributed by atoms with Crippen LogP contribution < -0.4 is 15.4 Å². The van der Waals surface area contributed by atoms with Crippen molar-refractivity contribution in [2.24, 2.45) is 5.92 Å². The van der Waals surface area contributed by atoms with E-state index in [0.29, 0.717) is 43.2 Å². The van der Waals surface area contributed by atoms with Gasteiger partial charge in [0, 0.05) is 62.5 Å². The maximum absolute atomic E-state index is 13.5. The first-order valence-electron chi connectivity index (χ1n) is 15.3. The van der Waals surface area contributed by atoms with Crippen LogP contribution >= 0.6 is 0 Å². The van der Waals surface area contributed by atoms with E-state index in [1.54, 1.807) is 30.0 Å². The number of benzene rings is 2. The quantitative estimate of drug-likeness (QED) is 0.379. The van der Waals surface area contributed by atoms with Gasteiger partial charge >= 0.3 is 12.2 Å². The highest BCUT2D eigenvalue weighted by atomic mass is 19.4. The summed E-state index contributed by atoms with van der Waals surface area (Å²) >= 11 is 0. The zero-order valence-corrected chi connectivity index (χ0v) is 26.3. The lowest BCUT2D eigenvalue weighted by Crippen LogP contribution is -2.48. The number of aliphatic hydroxyl groups excluding tert-OH is 1. The Morgan fingerprint density at radius 2 is 1.76 bits per heavy atom. The molecule has 11 nitrogen and oxygen atoms in total. The Morgan fingerprint density at radius 3 is 2.41 bits per heavy atom. The number of rotatable bonds is 9. The largest absolute Gasteiger partial charge is 0.488 e. The van der Waals surface area contributed by atoms with Gasteiger partial charge in [0.25, 0.3) is 0 Å². The van der Waals surface area contributed by atoms with Crippen LogP contribution in [-0.4, -0.2) is 109 Å². The van der Waals surface area contributed by atoms with Crippen LogP contribution in [0.1, 0.15) is 31.4 Å². The van der Waals surface area contributed by atoms with Crippen LogP contribution in [0.3, 0.4) is 0 Å². The fraction of sp³-hybridized carbons (Fsp3) is 0.531. The second kappa shape index (κ2) is 15.6. The van der Waals surface area contributed by atoms with Crippen molar-refractivity contribution >= 4 is 29.2 Å². The molecule has 3 atom stereocenters. The molecule has 3 N–H and O–H groups in total. The molecular weight excluding hydrogens is 607 g/mol. The number of halogens is 3. The van der Waals surface area contributed by atoms with Gasteiger partial charge in [-0.05, 0) is 49.4 Å². The second-order valence-corrected chi connectivity index (χ2v) is 11.8. The molecule has 0 aromatic heterocycles. The first-order chi connectivity index (χ1) is 21.8. The molecule has 4 rings (SSSR count). The van der Waals surface area contributed by atoms with Gasteiger partial charge in [-0.2, -0.15) is 13.2 Å². The van der Waals surface area contributed by atoms with Gasteiger partial charge < -0.3 is 35.0 Å². The van der Waals surface area contributed by atoms with E-state index in [4.69, 9.17) is 9.47 Å². The highest BCUT2D eigenvalue weighted by Gasteiger charge is 2.33. The molecule has 0 unspecified atom stereocenters. The monoisotopic (exact) mass is 649 g/mol. The molecule has 2 aromatic rings. The molecule has 1 fully saturated rings. The van der Waals surface area contributed by atoms with Crippen molar-refractivity contribution < 1.29 is 42.1 Å². The minimum Gasteiger partial charge on any atom is -0.488 e. The number of alkyl halides is 3. The molecule has 1 saturated heterocycles. The van der Waals surface area contributed by atoms with Crippen molar-refractivity contribution in [3.63, 3.8) is 0 Å². The predicted molar refractivity (Wildman–Crippen MR) is 166 cm³/mol. The minimum absolute atomic E-state index is 0.0269. The van der Waals surface area contributed by atoms with Crippen LogP contribution in [0.2, 0.25) is 0 Å². The molecule has 0 spiro atoms. The van der Waals surface area contributed by atoms with E-state index in [1.807, 2.05) is 6.92 Å². The van der Waals surface area contributed by atoms with Crippen LogP contribution in [0.15, 0.2) is 42.5 Å². The van der Waals surface area contributed by atoms with E-state index in [1.165, 1.54) is 24.1 Å². The Labute approximate surface area is 266 Å². The third kappa shape index (κ3) is 9.56. The van der Waals surface area contributed by atoms with Crippen molar-refractivity contribution in [2.45, 2.75) is 45.0 Å². The summed E-state index contributed by atoms with van der Waals surface area (Å²) in [5.41, 5.74) is 0.437. The van der Waals surface area contributed by atoms with Crippen molar-refractivity contribution in [3.8, 4) is 5.75 Å². The van der Waals surface area contributed by atoms with Gasteiger partial charge in [0.15, 0.2) is 0 Å². The number of ether oxygens (including phenoxy) is 2. The maximum Gasteiger partial charge on any atom is 0.416 e. The zero-order valence-electron chi connectivity index (χ0n) is 26.3. The van der Waals surface area contributed by atoms with E-state index in [-0.39, 0.29) is 49.5 Å². The number of urea groups is 1. The molecule has 0 bridgehead atoms. The lowest BCUT2D eigenvalue weighted by molar-refractivity contribution is -0.137. The topological polar surface area (TPSA) is 124 Å². The molecule has 2 heterocycles. The summed E-state index contributed by atoms with van der Waals surface area (Å²) in [5, 5.41) is 15.4. The van der Waals surface area contributed by atoms with E-state index in [2.05, 4.69) is 15.5 Å². The molecule has 252 valence electrons. The number of carbonyl (C=O) groups excluding carboxylic acids is 3. The molecule has 46 heavy (non-hydrogen) atoms. The predicted octanol–water partition coefficient (Wildman–Crippen LogP) is 3.68. The van der Waals surface area contributed by atoms with Gasteiger partial charge in [-0.25, -0.2) is 4.79 Å². The van der Waals surface area contributed by atoms with Crippen LogP contribution in [0.4, 0.5) is 29.3 Å². The zero-order chi connectivity index (χ0) is 33.4. The normalized spacial score (nSPS) is 20.0. The number of aliphatic hydroxyl groups is 1. The molecule has 2 aliphatic heterocycles. The van der Waals surface area contributed by atoms with E-state index >= 15 is 0 Å². The smallest absolute Gasteiger partial charge is 0.416 e. The number of amides is 4. The Kier molecular flexibility index (Phi) is 11.9. The summed E-state index contributed by atoms with van der Waals surface area (Å²) in [6, 6.07) is 8.22. The van der Waals surface area contributed by atoms with E-state index in [0.717, 1.165) is 25.2 Å². The lowest BCUT2D eigenvalue weighted by Gasteiger charge is -2.34. The SMILES string of the molecule is C[C@H](CO)N1C[C@H](C)[C@H](CN(C)C(=O)Nc2ccc(C(F)(F)F)cc2)Oc2ccc(NC(=O)CCN3CCOCC3)cc2CC1=O. The summed E-state index contributed by atoms with van der Waals surface area (Å²) in [5.74, 6) is -0.246. The molecule has 0 saturated carbocycles. The van der Waals surface area contributed by atoms with Gasteiger partial charge in [0.1, 0.15) is 11.9 Å². The average molecular weight is 650 g/mol. The van der Waals surface area contributed by atoms with Crippen LogP contribution in [-0.2, 0) is 26.9 Å². The van der Waals surface area contributed by atoms with E-state index < -0.39 is 29.9 Å². The van der Waals surface area contributed by atoms with Crippen LogP contribution in [0.5, 0.6) is 5.75 Å². The fourth-order valence-corrected chi connectivity index (χ4v) is 5.35. The Bertz CT molecular complexity index is 1350. The standard InChI is InChI=1S/C32H42F3N5O6/c1-21-18-40(22(2)20-41)30(43)17-23-16-26(36-29(42)10-11-39-12-14-45-15-13-39)8-9-27(23)46-28(21)19-38(3)31(44)37-25-6-4-24(5-7-25)32(33,34)35/h4-9,16,21-22,28,41H,10-15,17-20H2,1-3H3,(H,36,42)(H,37,44)/t21-,22+,28-/m0/s1. The first-order valence-corrected chi connectivity index (χ1v) is 15.3. The third-order valence-electron chi connectivity index (χ3n) is 8.22. The molecule has 2 aromatic carbocycles. The number of anilines is 2. The van der Waals surface area contributed by atoms with Crippen molar-refractivity contribution in [3.05, 3.63) is 53.6 Å². The van der Waals surface area contributed by atoms with Gasteiger partial charge in [-0.1, -0.05) is 6.92 Å². The van der Waals surface area contributed by atoms with Gasteiger partial charge in [-0.3, -0.25) is 14.5 Å². The Balaban J connectivity index is 1.49. The second-order valence-electron chi connectivity index (χ2n) is 11.8. The van der Waals surface area contributed by atoms with Crippen molar-refractivity contribution in [1.82, 2.24) is 14.7 Å². The number of nitrogens with zero attached hydrogens (tertiary/aromatic N) is 3. The summed E-state index contributed by atoms with van der Waals surface area (Å²) in [7, 11) is 1.54. The molecule has 2 aliphatic rings. The molecule has 14 heteroatoms. The Morgan fingerprint density at radius 1 is 1.09 bits per heavy atom. The number of morpholine rings is 1. The number of likely N-dealkylation sites (N-methyl/N-ethyl adjacent to an activating group) is 1. The molecular formula is C32H42F3N5O6. The lowest BCUT2D eigenvalue weighted by atomic mass is 10.0. The van der Waals surface area contributed by atoms with Gasteiger partial charge in [0.05, 0.1) is 44.4 Å². The minimum atomic E-state index is -4.49. The summed E-state index contributed by atoms with van der Waals surface area (Å²) in [6.07, 6.45) is -4.82. The highest BCUT2D eigenvalue weighted by Crippen LogP contribution is 2.31. The number of nitrogens with one attached hydrogen (secondary N) is 2. The number of fused-ring (bicyclic) bond motifs is 1. The number of hydrogen-bond acceptors (Lipinski definition) is 7. The third-order valence-corrected chi connectivity index (χ3v) is 8.22. The number of hydrogen-bond donors (Lipinski definition) is 3. The summed E-state index contributed by atoms with van der Waals surface area (Å²) in [6.45, 7) is 7.16. The summed E-state index contributed by atoms with van der Waals surface area (Å²) in [4.78, 5) is 44.3. The van der Waals surface area contributed by atoms with Crippen LogP contribution in [0, 0.1) is 5.92 Å². The molecule has 0 aliphatic carbocycles. The Hall–Kier alpha value is -3.88.